The minimum absolute atomic E-state index is 0.00231. The van der Waals surface area contributed by atoms with E-state index in [1.807, 2.05) is 11.8 Å². The third-order valence-corrected chi connectivity index (χ3v) is 24.8. The molecular formula is C104H80B2N6S. The first kappa shape index (κ1) is 67.9. The van der Waals surface area contributed by atoms with Crippen LogP contribution in [0.5, 0.6) is 0 Å². The molecule has 0 N–H and O–H groups in total. The summed E-state index contributed by atoms with van der Waals surface area (Å²) in [4.78, 5) is 15.2. The number of anilines is 15. The first-order chi connectivity index (χ1) is 55.4. The fourth-order valence-electron chi connectivity index (χ4n) is 18.5. The minimum Gasteiger partial charge on any atom is -0.311 e. The standard InChI is InChI=1S/C104H80B2N6S/c1-103(2,3)71-59-55-69(56-60-71)79-41-19-25-47-87(79)108(75-37-15-9-16-38-75)78-65-98-102-100(66-78)113-99-68-95-85(67-86(99)106(102)84-46-24-30-52-92(84)111(98)88-48-26-20-42-80(88)70-57-61-72(62-58-70)104(4,5)6)105-83-45-23-29-51-91(83)109(76-39-17-10-18-40-76)96-63-77(107(73-33-11-7-12-34-73)74-35-13-8-14-36-74)64-97(101(96)105)112(95)94-54-32-31-53-93(94)110-89-49-27-21-43-81(89)82-44-22-28-50-90(82)110/h7-68H,1-6H3. The molecule has 6 nitrogen and oxygen atoms in total. The highest BCUT2D eigenvalue weighted by Crippen LogP contribution is 2.54. The predicted molar refractivity (Wildman–Crippen MR) is 482 cm³/mol. The minimum atomic E-state index is -0.214. The van der Waals surface area contributed by atoms with Crippen molar-refractivity contribution in [1.82, 2.24) is 4.57 Å². The second-order valence-corrected chi connectivity index (χ2v) is 33.5. The quantitative estimate of drug-likeness (QED) is 0.113. The van der Waals surface area contributed by atoms with Crippen LogP contribution in [-0.2, 0) is 10.8 Å². The molecule has 4 aliphatic heterocycles. The average Bonchev–Trinajstić information content (AvgIpc) is 1.51. The van der Waals surface area contributed by atoms with Crippen molar-refractivity contribution in [3.63, 3.8) is 0 Å². The van der Waals surface area contributed by atoms with Crippen LogP contribution in [0.15, 0.2) is 386 Å². The van der Waals surface area contributed by atoms with Crippen LogP contribution in [0.25, 0.3) is 49.7 Å². The van der Waals surface area contributed by atoms with Crippen molar-refractivity contribution in [2.45, 2.75) is 62.2 Å². The molecule has 0 saturated heterocycles. The first-order valence-electron chi connectivity index (χ1n) is 39.5. The molecule has 0 fully saturated rings. The topological polar surface area (TPSA) is 21.1 Å². The summed E-state index contributed by atoms with van der Waals surface area (Å²) < 4.78 is 2.52. The lowest BCUT2D eigenvalue weighted by molar-refractivity contribution is 0.590. The van der Waals surface area contributed by atoms with Gasteiger partial charge in [-0.3, -0.25) is 0 Å². The van der Waals surface area contributed by atoms with Crippen LogP contribution in [-0.4, -0.2) is 18.0 Å². The summed E-state index contributed by atoms with van der Waals surface area (Å²) in [5.41, 5.74) is 34.7. The third kappa shape index (κ3) is 11.2. The average molecular weight is 1470 g/mol. The van der Waals surface area contributed by atoms with Gasteiger partial charge in [0.2, 0.25) is 6.71 Å². The summed E-state index contributed by atoms with van der Waals surface area (Å²) in [5.74, 6) is 0. The molecular weight excluding hydrogens is 1390 g/mol. The summed E-state index contributed by atoms with van der Waals surface area (Å²) in [5, 5.41) is 2.42. The van der Waals surface area contributed by atoms with Gasteiger partial charge in [-0.2, -0.15) is 0 Å². The Bertz CT molecular complexity index is 6500. The van der Waals surface area contributed by atoms with Gasteiger partial charge in [0.25, 0.3) is 6.71 Å². The van der Waals surface area contributed by atoms with Gasteiger partial charge in [0.15, 0.2) is 0 Å². The number of aromatic nitrogens is 1. The van der Waals surface area contributed by atoms with Gasteiger partial charge in [-0.25, -0.2) is 0 Å². The number of hydrogen-bond acceptors (Lipinski definition) is 6. The third-order valence-electron chi connectivity index (χ3n) is 23.7. The van der Waals surface area contributed by atoms with Crippen LogP contribution in [0.2, 0.25) is 0 Å². The Labute approximate surface area is 666 Å². The zero-order chi connectivity index (χ0) is 75.8. The van der Waals surface area contributed by atoms with E-state index in [0.29, 0.717) is 0 Å². The van der Waals surface area contributed by atoms with E-state index in [2.05, 4.69) is 447 Å². The Balaban J connectivity index is 0.861. The summed E-state index contributed by atoms with van der Waals surface area (Å²) in [6.07, 6.45) is 0. The van der Waals surface area contributed by atoms with Gasteiger partial charge in [0.05, 0.1) is 39.5 Å². The number of benzene rings is 16. The van der Waals surface area contributed by atoms with E-state index in [-0.39, 0.29) is 24.3 Å². The van der Waals surface area contributed by atoms with Crippen LogP contribution in [0.3, 0.4) is 0 Å². The Hall–Kier alpha value is -13.2. The molecule has 0 saturated carbocycles. The van der Waals surface area contributed by atoms with Gasteiger partial charge in [-0.05, 0) is 188 Å². The number of hydrogen-bond donors (Lipinski definition) is 0. The van der Waals surface area contributed by atoms with Crippen LogP contribution in [0.4, 0.5) is 85.3 Å². The summed E-state index contributed by atoms with van der Waals surface area (Å²) in [6.45, 7) is 13.4. The molecule has 0 aliphatic carbocycles. The van der Waals surface area contributed by atoms with E-state index in [0.717, 1.165) is 119 Å². The van der Waals surface area contributed by atoms with E-state index in [9.17, 15) is 0 Å². The molecule has 0 unspecified atom stereocenters. The van der Waals surface area contributed by atoms with E-state index in [1.54, 1.807) is 0 Å². The SMILES string of the molecule is CC(C)(C)c1ccc(-c2ccccc2N(c2ccccc2)c2cc3c4c(c2)N(c2ccccc2-c2ccc(C(C)(C)C)cc2)c2ccccc2B4c2cc4c(cc2S3)N(c2ccccc2-n2c3ccccc3c3ccccc32)c2cc(N(c3ccccc3)c3ccccc3)cc3c2B4c2ccccc2N3c2ccccc2)cc1. The monoisotopic (exact) mass is 1470 g/mol. The molecule has 0 amide bonds. The van der Waals surface area contributed by atoms with Crippen LogP contribution < -0.4 is 57.3 Å². The second-order valence-electron chi connectivity index (χ2n) is 32.4. The molecule has 0 atom stereocenters. The smallest absolute Gasteiger partial charge is 0.252 e. The van der Waals surface area contributed by atoms with Crippen molar-refractivity contribution in [3.8, 4) is 27.9 Å². The van der Waals surface area contributed by atoms with Crippen molar-refractivity contribution in [2.75, 3.05) is 24.5 Å². The molecule has 113 heavy (non-hydrogen) atoms. The highest BCUT2D eigenvalue weighted by molar-refractivity contribution is 8.00. The fraction of sp³-hybridized carbons (Fsp3) is 0.0769. The van der Waals surface area contributed by atoms with Crippen molar-refractivity contribution in [1.29, 1.82) is 0 Å². The van der Waals surface area contributed by atoms with Crippen LogP contribution in [0, 0.1) is 0 Å². The van der Waals surface area contributed by atoms with Gasteiger partial charge in [-0.15, -0.1) is 0 Å². The maximum atomic E-state index is 2.67. The maximum Gasteiger partial charge on any atom is 0.252 e. The maximum absolute atomic E-state index is 2.67. The van der Waals surface area contributed by atoms with Crippen molar-refractivity contribution >= 4 is 165 Å². The molecule has 21 rings (SSSR count). The van der Waals surface area contributed by atoms with E-state index >= 15 is 0 Å². The normalized spacial score (nSPS) is 13.1. The number of fused-ring (bicyclic) bond motifs is 11. The van der Waals surface area contributed by atoms with Crippen molar-refractivity contribution in [2.24, 2.45) is 0 Å². The van der Waals surface area contributed by atoms with Gasteiger partial charge in [0, 0.05) is 94.3 Å². The summed E-state index contributed by atoms with van der Waals surface area (Å²) in [7, 11) is 0. The molecule has 1 aromatic heterocycles. The summed E-state index contributed by atoms with van der Waals surface area (Å²) >= 11 is 1.92. The van der Waals surface area contributed by atoms with Crippen molar-refractivity contribution in [3.05, 3.63) is 387 Å². The van der Waals surface area contributed by atoms with Gasteiger partial charge < -0.3 is 29.1 Å². The number of para-hydroxylation sites is 12. The predicted octanol–water partition coefficient (Wildman–Crippen LogP) is 24.5. The zero-order valence-corrected chi connectivity index (χ0v) is 64.9. The van der Waals surface area contributed by atoms with Crippen LogP contribution >= 0.6 is 11.8 Å². The zero-order valence-electron chi connectivity index (χ0n) is 64.0. The van der Waals surface area contributed by atoms with Crippen LogP contribution in [0.1, 0.15) is 52.7 Å². The van der Waals surface area contributed by atoms with E-state index < -0.39 is 0 Å². The highest BCUT2D eigenvalue weighted by Gasteiger charge is 2.48. The van der Waals surface area contributed by atoms with E-state index in [4.69, 9.17) is 0 Å². The van der Waals surface area contributed by atoms with Crippen molar-refractivity contribution < 1.29 is 0 Å². The van der Waals surface area contributed by atoms with Gasteiger partial charge in [0.1, 0.15) is 0 Å². The Morgan fingerprint density at radius 1 is 0.265 bits per heavy atom. The molecule has 9 heteroatoms. The molecule has 5 heterocycles. The lowest BCUT2D eigenvalue weighted by atomic mass is 9.31. The fourth-order valence-corrected chi connectivity index (χ4v) is 19.7. The molecule has 538 valence electrons. The first-order valence-corrected chi connectivity index (χ1v) is 40.3. The Morgan fingerprint density at radius 3 is 1.26 bits per heavy atom. The summed E-state index contributed by atoms with van der Waals surface area (Å²) in [6, 6.07) is 142. The van der Waals surface area contributed by atoms with Gasteiger partial charge >= 0.3 is 0 Å². The highest BCUT2D eigenvalue weighted by atomic mass is 32.2. The molecule has 0 spiro atoms. The van der Waals surface area contributed by atoms with E-state index in [1.165, 1.54) is 70.0 Å². The molecule has 0 radical (unpaired) electrons. The number of nitrogens with zero attached hydrogens (tertiary/aromatic N) is 6. The molecule has 16 aromatic carbocycles. The number of rotatable bonds is 12. The largest absolute Gasteiger partial charge is 0.311 e. The lowest BCUT2D eigenvalue weighted by Gasteiger charge is -2.46. The van der Waals surface area contributed by atoms with Gasteiger partial charge in [-0.1, -0.05) is 307 Å². The molecule has 4 aliphatic rings. The Morgan fingerprint density at radius 2 is 0.681 bits per heavy atom. The Kier molecular flexibility index (Phi) is 16.1. The molecule has 0 bridgehead atoms. The second kappa shape index (κ2) is 26.8. The lowest BCUT2D eigenvalue weighted by Crippen LogP contribution is -2.64. The molecule has 17 aromatic rings.